The minimum Gasteiger partial charge on any atom is -0.493 e. The van der Waals surface area contributed by atoms with Crippen LogP contribution >= 0.6 is 0 Å². The monoisotopic (exact) mass is 253 g/mol. The lowest BCUT2D eigenvalue weighted by atomic mass is 10.1. The Morgan fingerprint density at radius 3 is 2.50 bits per heavy atom. The van der Waals surface area contributed by atoms with Crippen LogP contribution < -0.4 is 15.0 Å². The molecular formula is C13H19NO4. The van der Waals surface area contributed by atoms with Gasteiger partial charge in [0.05, 0.1) is 21.3 Å². The molecule has 0 fully saturated rings. The fourth-order valence-corrected chi connectivity index (χ4v) is 1.65. The number of benzene rings is 1. The van der Waals surface area contributed by atoms with Gasteiger partial charge in [-0.3, -0.25) is 9.63 Å². The summed E-state index contributed by atoms with van der Waals surface area (Å²) in [6.45, 7) is 0. The molecule has 0 aliphatic rings. The maximum Gasteiger partial charge on any atom is 0.243 e. The highest BCUT2D eigenvalue weighted by atomic mass is 16.6. The molecule has 0 saturated carbocycles. The van der Waals surface area contributed by atoms with E-state index in [1.807, 2.05) is 18.2 Å². The average molecular weight is 253 g/mol. The molecule has 0 atom stereocenters. The van der Waals surface area contributed by atoms with Gasteiger partial charge in [-0.05, 0) is 30.5 Å². The Morgan fingerprint density at radius 1 is 1.17 bits per heavy atom. The summed E-state index contributed by atoms with van der Waals surface area (Å²) >= 11 is 0. The normalized spacial score (nSPS) is 9.94. The molecule has 0 unspecified atom stereocenters. The second kappa shape index (κ2) is 7.55. The van der Waals surface area contributed by atoms with Gasteiger partial charge in [-0.25, -0.2) is 5.48 Å². The Morgan fingerprint density at radius 2 is 1.89 bits per heavy atom. The molecule has 0 bridgehead atoms. The van der Waals surface area contributed by atoms with Crippen molar-refractivity contribution >= 4 is 5.91 Å². The highest BCUT2D eigenvalue weighted by molar-refractivity contribution is 5.74. The first kappa shape index (κ1) is 14.3. The number of carbonyl (C=O) groups excluding carboxylic acids is 1. The van der Waals surface area contributed by atoms with Gasteiger partial charge in [0.2, 0.25) is 5.91 Å². The maximum atomic E-state index is 11.2. The summed E-state index contributed by atoms with van der Waals surface area (Å²) in [6.07, 6.45) is 1.99. The average Bonchev–Trinajstić information content (AvgIpc) is 2.38. The van der Waals surface area contributed by atoms with Crippen LogP contribution in [0.2, 0.25) is 0 Å². The van der Waals surface area contributed by atoms with Gasteiger partial charge >= 0.3 is 0 Å². The fourth-order valence-electron chi connectivity index (χ4n) is 1.65. The predicted octanol–water partition coefficient (Wildman–Crippen LogP) is 1.70. The molecule has 1 amide bonds. The van der Waals surface area contributed by atoms with E-state index in [0.29, 0.717) is 17.9 Å². The number of hydrogen-bond acceptors (Lipinski definition) is 4. The molecule has 0 radical (unpaired) electrons. The number of rotatable bonds is 7. The van der Waals surface area contributed by atoms with E-state index in [9.17, 15) is 4.79 Å². The van der Waals surface area contributed by atoms with Crippen molar-refractivity contribution in [1.82, 2.24) is 5.48 Å². The number of hydroxylamine groups is 1. The molecule has 1 aromatic carbocycles. The van der Waals surface area contributed by atoms with Gasteiger partial charge in [-0.2, -0.15) is 0 Å². The van der Waals surface area contributed by atoms with Crippen LogP contribution in [0.15, 0.2) is 18.2 Å². The van der Waals surface area contributed by atoms with E-state index in [1.54, 1.807) is 14.2 Å². The van der Waals surface area contributed by atoms with Crippen LogP contribution in [0.4, 0.5) is 0 Å². The summed E-state index contributed by atoms with van der Waals surface area (Å²) in [5.41, 5.74) is 3.40. The fraction of sp³-hybridized carbons (Fsp3) is 0.462. The van der Waals surface area contributed by atoms with Gasteiger partial charge in [-0.15, -0.1) is 0 Å². The highest BCUT2D eigenvalue weighted by Crippen LogP contribution is 2.28. The van der Waals surface area contributed by atoms with Crippen LogP contribution in [-0.2, 0) is 16.1 Å². The molecule has 5 nitrogen and oxygen atoms in total. The van der Waals surface area contributed by atoms with Crippen LogP contribution in [0.1, 0.15) is 18.4 Å². The molecule has 1 rings (SSSR count). The third kappa shape index (κ3) is 4.25. The molecule has 18 heavy (non-hydrogen) atoms. The van der Waals surface area contributed by atoms with Crippen LogP contribution in [0, 0.1) is 0 Å². The molecule has 5 heteroatoms. The van der Waals surface area contributed by atoms with E-state index in [2.05, 4.69) is 10.3 Å². The summed E-state index contributed by atoms with van der Waals surface area (Å²) < 4.78 is 10.4. The van der Waals surface area contributed by atoms with Gasteiger partial charge in [0, 0.05) is 6.42 Å². The van der Waals surface area contributed by atoms with E-state index >= 15 is 0 Å². The van der Waals surface area contributed by atoms with Crippen molar-refractivity contribution < 1.29 is 19.1 Å². The van der Waals surface area contributed by atoms with Crippen LogP contribution in [0.5, 0.6) is 11.5 Å². The topological polar surface area (TPSA) is 56.8 Å². The molecule has 100 valence electrons. The third-order valence-corrected chi connectivity index (χ3v) is 2.53. The first-order valence-electron chi connectivity index (χ1n) is 5.74. The maximum absolute atomic E-state index is 11.2. The van der Waals surface area contributed by atoms with Gasteiger partial charge in [0.1, 0.15) is 0 Å². The third-order valence-electron chi connectivity index (χ3n) is 2.53. The smallest absolute Gasteiger partial charge is 0.243 e. The van der Waals surface area contributed by atoms with Crippen LogP contribution in [-0.4, -0.2) is 27.2 Å². The van der Waals surface area contributed by atoms with Crippen molar-refractivity contribution in [2.45, 2.75) is 19.3 Å². The molecular weight excluding hydrogens is 234 g/mol. The summed E-state index contributed by atoms with van der Waals surface area (Å²) in [5, 5.41) is 0. The zero-order chi connectivity index (χ0) is 13.4. The van der Waals surface area contributed by atoms with Crippen LogP contribution in [0.3, 0.4) is 0 Å². The molecule has 0 spiro atoms. The quantitative estimate of drug-likeness (QED) is 0.751. The van der Waals surface area contributed by atoms with Crippen molar-refractivity contribution in [3.05, 3.63) is 23.8 Å². The number of hydrogen-bond donors (Lipinski definition) is 1. The first-order chi connectivity index (χ1) is 8.71. The van der Waals surface area contributed by atoms with Crippen molar-refractivity contribution in [1.29, 1.82) is 0 Å². The van der Waals surface area contributed by atoms with E-state index in [-0.39, 0.29) is 5.91 Å². The second-order valence-corrected chi connectivity index (χ2v) is 3.77. The number of ether oxygens (including phenoxy) is 2. The van der Waals surface area contributed by atoms with Crippen molar-refractivity contribution in [3.8, 4) is 11.5 Å². The lowest BCUT2D eigenvalue weighted by Crippen LogP contribution is -2.21. The van der Waals surface area contributed by atoms with Gasteiger partial charge in [0.25, 0.3) is 0 Å². The van der Waals surface area contributed by atoms with Gasteiger partial charge in [0.15, 0.2) is 11.5 Å². The molecule has 0 saturated heterocycles. The SMILES string of the molecule is CONC(=O)CCCc1ccc(OC)c(OC)c1. The Balaban J connectivity index is 2.50. The number of carbonyl (C=O) groups is 1. The number of nitrogens with one attached hydrogen (secondary N) is 1. The highest BCUT2D eigenvalue weighted by Gasteiger charge is 2.05. The number of aryl methyl sites for hydroxylation is 1. The first-order valence-corrected chi connectivity index (χ1v) is 5.74. The standard InChI is InChI=1S/C13H19NO4/c1-16-11-8-7-10(9-12(11)17-2)5-4-6-13(15)14-18-3/h7-9H,4-6H2,1-3H3,(H,14,15). The lowest BCUT2D eigenvalue weighted by molar-refractivity contribution is -0.131. The van der Waals surface area contributed by atoms with Crippen LogP contribution in [0.25, 0.3) is 0 Å². The van der Waals surface area contributed by atoms with E-state index in [4.69, 9.17) is 9.47 Å². The molecule has 0 aliphatic carbocycles. The molecule has 1 aromatic rings. The molecule has 0 aromatic heterocycles. The number of amides is 1. The second-order valence-electron chi connectivity index (χ2n) is 3.77. The Hall–Kier alpha value is -1.75. The minimum atomic E-state index is -0.113. The number of methoxy groups -OCH3 is 2. The molecule has 1 N–H and O–H groups in total. The molecule has 0 aliphatic heterocycles. The van der Waals surface area contributed by atoms with Crippen molar-refractivity contribution in [3.63, 3.8) is 0 Å². The zero-order valence-electron chi connectivity index (χ0n) is 11.0. The van der Waals surface area contributed by atoms with Gasteiger partial charge in [-0.1, -0.05) is 6.07 Å². The Bertz CT molecular complexity index is 393. The minimum absolute atomic E-state index is 0.113. The summed E-state index contributed by atoms with van der Waals surface area (Å²) in [4.78, 5) is 15.7. The lowest BCUT2D eigenvalue weighted by Gasteiger charge is -2.09. The Labute approximate surface area is 107 Å². The molecule has 0 heterocycles. The summed E-state index contributed by atoms with van der Waals surface area (Å²) in [6, 6.07) is 5.76. The Kier molecular flexibility index (Phi) is 6.00. The van der Waals surface area contributed by atoms with Gasteiger partial charge < -0.3 is 9.47 Å². The van der Waals surface area contributed by atoms with E-state index in [0.717, 1.165) is 18.4 Å². The largest absolute Gasteiger partial charge is 0.493 e. The van der Waals surface area contributed by atoms with Crippen molar-refractivity contribution in [2.24, 2.45) is 0 Å². The van der Waals surface area contributed by atoms with E-state index < -0.39 is 0 Å². The zero-order valence-corrected chi connectivity index (χ0v) is 11.0. The van der Waals surface area contributed by atoms with Crippen molar-refractivity contribution in [2.75, 3.05) is 21.3 Å². The van der Waals surface area contributed by atoms with E-state index in [1.165, 1.54) is 7.11 Å². The summed E-state index contributed by atoms with van der Waals surface area (Å²) in [5.74, 6) is 1.30. The predicted molar refractivity (Wildman–Crippen MR) is 67.6 cm³/mol. The summed E-state index contributed by atoms with van der Waals surface area (Å²) in [7, 11) is 4.63.